The lowest BCUT2D eigenvalue weighted by Gasteiger charge is -2.45. The first kappa shape index (κ1) is 24.1. The Morgan fingerprint density at radius 3 is 2.69 bits per heavy atom. The second-order valence-electron chi connectivity index (χ2n) is 10.1. The molecule has 0 saturated carbocycles. The van der Waals surface area contributed by atoms with Crippen LogP contribution in [0.25, 0.3) is 10.8 Å². The summed E-state index contributed by atoms with van der Waals surface area (Å²) in [6.07, 6.45) is 8.47. The number of aromatic nitrogens is 2. The van der Waals surface area contributed by atoms with Crippen LogP contribution in [0.3, 0.4) is 0 Å². The van der Waals surface area contributed by atoms with Gasteiger partial charge in [-0.25, -0.2) is 15.8 Å². The van der Waals surface area contributed by atoms with Gasteiger partial charge >= 0.3 is 0 Å². The van der Waals surface area contributed by atoms with Gasteiger partial charge in [-0.15, -0.1) is 0 Å². The number of nitrogens with two attached hydrogens (primary N) is 2. The van der Waals surface area contributed by atoms with Gasteiger partial charge in [-0.05, 0) is 47.9 Å². The van der Waals surface area contributed by atoms with E-state index >= 15 is 0 Å². The molecule has 9 heteroatoms. The third-order valence-corrected chi connectivity index (χ3v) is 7.15. The fraction of sp³-hybridized carbons (Fsp3) is 0.407. The van der Waals surface area contributed by atoms with Crippen molar-refractivity contribution in [2.45, 2.75) is 44.8 Å². The van der Waals surface area contributed by atoms with Crippen LogP contribution in [0, 0.1) is 0 Å². The molecule has 0 bridgehead atoms. The smallest absolute Gasteiger partial charge is 0.130 e. The highest BCUT2D eigenvalue weighted by Crippen LogP contribution is 2.36. The highest BCUT2D eigenvalue weighted by molar-refractivity contribution is 5.98. The molecule has 0 spiro atoms. The van der Waals surface area contributed by atoms with Crippen LogP contribution in [0.1, 0.15) is 38.2 Å². The van der Waals surface area contributed by atoms with Crippen LogP contribution < -0.4 is 26.7 Å². The van der Waals surface area contributed by atoms with E-state index in [1.54, 1.807) is 17.4 Å². The van der Waals surface area contributed by atoms with E-state index < -0.39 is 0 Å². The Morgan fingerprint density at radius 2 is 1.94 bits per heavy atom. The Bertz CT molecular complexity index is 1240. The molecule has 3 aromatic rings. The van der Waals surface area contributed by atoms with Crippen LogP contribution >= 0.6 is 0 Å². The number of benzene rings is 1. The summed E-state index contributed by atoms with van der Waals surface area (Å²) in [5, 5.41) is 17.5. The van der Waals surface area contributed by atoms with Crippen LogP contribution in [-0.2, 0) is 0 Å². The van der Waals surface area contributed by atoms with Crippen molar-refractivity contribution in [3.8, 4) is 0 Å². The molecular weight excluding hydrogens is 452 g/mol. The third-order valence-electron chi connectivity index (χ3n) is 7.15. The number of fused-ring (bicyclic) bond motifs is 1. The predicted octanol–water partition coefficient (Wildman–Crippen LogP) is 3.25. The summed E-state index contributed by atoms with van der Waals surface area (Å²) in [6.45, 7) is 7.63. The SMILES string of the molecule is CC(C)c1ccc(N2CC(N(N)/C=C\N)C2)c2cnc(Nc3ccnc(N4CCCC(O)C4)c3)cc12. The summed E-state index contributed by atoms with van der Waals surface area (Å²) in [4.78, 5) is 13.8. The molecule has 1 aromatic carbocycles. The van der Waals surface area contributed by atoms with Crippen molar-refractivity contribution >= 4 is 33.8 Å². The van der Waals surface area contributed by atoms with Gasteiger partial charge in [0.05, 0.1) is 12.1 Å². The number of anilines is 4. The highest BCUT2D eigenvalue weighted by Gasteiger charge is 2.31. The number of aliphatic hydroxyl groups excluding tert-OH is 1. The third kappa shape index (κ3) is 4.89. The van der Waals surface area contributed by atoms with Gasteiger partial charge < -0.3 is 31.0 Å². The molecule has 4 heterocycles. The largest absolute Gasteiger partial charge is 0.403 e. The molecule has 2 aromatic heterocycles. The number of rotatable bonds is 7. The minimum absolute atomic E-state index is 0.237. The van der Waals surface area contributed by atoms with Gasteiger partial charge in [-0.1, -0.05) is 19.9 Å². The van der Waals surface area contributed by atoms with Crippen molar-refractivity contribution in [3.05, 3.63) is 60.7 Å². The zero-order valence-electron chi connectivity index (χ0n) is 21.0. The topological polar surface area (TPSA) is 120 Å². The maximum atomic E-state index is 10.1. The molecule has 0 radical (unpaired) electrons. The zero-order chi connectivity index (χ0) is 25.2. The summed E-state index contributed by atoms with van der Waals surface area (Å²) in [6, 6.07) is 10.8. The lowest BCUT2D eigenvalue weighted by molar-refractivity contribution is 0.154. The van der Waals surface area contributed by atoms with Gasteiger partial charge in [0, 0.05) is 73.8 Å². The van der Waals surface area contributed by atoms with E-state index in [-0.39, 0.29) is 12.1 Å². The fourth-order valence-electron chi connectivity index (χ4n) is 5.14. The number of hydrazine groups is 1. The first-order valence-electron chi connectivity index (χ1n) is 12.7. The van der Waals surface area contributed by atoms with E-state index in [0.29, 0.717) is 12.5 Å². The maximum absolute atomic E-state index is 10.1. The van der Waals surface area contributed by atoms with Crippen molar-refractivity contribution in [1.82, 2.24) is 15.0 Å². The average Bonchev–Trinajstić information content (AvgIpc) is 2.83. The van der Waals surface area contributed by atoms with E-state index in [4.69, 9.17) is 16.6 Å². The molecule has 1 unspecified atom stereocenters. The van der Waals surface area contributed by atoms with E-state index in [1.165, 1.54) is 22.8 Å². The van der Waals surface area contributed by atoms with Gasteiger partial charge in [0.25, 0.3) is 0 Å². The average molecular weight is 489 g/mol. The highest BCUT2D eigenvalue weighted by atomic mass is 16.3. The molecule has 0 amide bonds. The summed E-state index contributed by atoms with van der Waals surface area (Å²) in [7, 11) is 0. The van der Waals surface area contributed by atoms with Crippen LogP contribution in [0.5, 0.6) is 0 Å². The molecule has 2 saturated heterocycles. The second-order valence-corrected chi connectivity index (χ2v) is 10.1. The van der Waals surface area contributed by atoms with E-state index in [9.17, 15) is 5.11 Å². The van der Waals surface area contributed by atoms with Crippen LogP contribution in [0.15, 0.2) is 55.1 Å². The van der Waals surface area contributed by atoms with E-state index in [0.717, 1.165) is 55.2 Å². The van der Waals surface area contributed by atoms with Crippen molar-refractivity contribution < 1.29 is 5.11 Å². The van der Waals surface area contributed by atoms with E-state index in [1.807, 2.05) is 18.3 Å². The fourth-order valence-corrected chi connectivity index (χ4v) is 5.14. The number of hydrogen-bond acceptors (Lipinski definition) is 9. The Balaban J connectivity index is 1.40. The number of β-amino-alcohol motifs (C(OH)–C–C–N with tert-alkyl or cyclic N) is 1. The van der Waals surface area contributed by atoms with Crippen molar-refractivity contribution in [3.63, 3.8) is 0 Å². The number of nitrogens with zero attached hydrogens (tertiary/aromatic N) is 5. The number of aliphatic hydroxyl groups is 1. The monoisotopic (exact) mass is 488 g/mol. The molecule has 2 aliphatic rings. The number of piperidine rings is 1. The predicted molar refractivity (Wildman–Crippen MR) is 146 cm³/mol. The summed E-state index contributed by atoms with van der Waals surface area (Å²) in [5.74, 6) is 8.11. The molecular formula is C27H36N8O. The standard InChI is InChI=1S/C27H36N8O/c1-18(2)22-5-6-25(34-15-20(16-34)35(29)11-8-28)24-14-31-26(13-23(22)24)32-19-7-9-30-27(12-19)33-10-3-4-21(36)17-33/h5-9,11-14,18,20-21,36H,3-4,10,15-17,28-29H2,1-2H3,(H,30,31,32)/b11-8-. The molecule has 2 aliphatic heterocycles. The molecule has 9 nitrogen and oxygen atoms in total. The van der Waals surface area contributed by atoms with Crippen molar-refractivity contribution in [2.24, 2.45) is 11.6 Å². The van der Waals surface area contributed by atoms with E-state index in [2.05, 4.69) is 52.1 Å². The molecule has 1 atom stereocenters. The van der Waals surface area contributed by atoms with Gasteiger partial charge in [0.1, 0.15) is 11.6 Å². The lowest BCUT2D eigenvalue weighted by Crippen LogP contribution is -2.60. The van der Waals surface area contributed by atoms with Gasteiger partial charge in [-0.3, -0.25) is 0 Å². The Kier molecular flexibility index (Phi) is 6.84. The van der Waals surface area contributed by atoms with Crippen molar-refractivity contribution in [2.75, 3.05) is 41.3 Å². The molecule has 2 fully saturated rings. The number of hydrogen-bond donors (Lipinski definition) is 4. The molecule has 0 aliphatic carbocycles. The van der Waals surface area contributed by atoms with Crippen molar-refractivity contribution in [1.29, 1.82) is 0 Å². The maximum Gasteiger partial charge on any atom is 0.130 e. The van der Waals surface area contributed by atoms with Gasteiger partial charge in [-0.2, -0.15) is 0 Å². The number of nitrogens with one attached hydrogen (secondary N) is 1. The second kappa shape index (κ2) is 10.2. The summed E-state index contributed by atoms with van der Waals surface area (Å²) >= 11 is 0. The van der Waals surface area contributed by atoms with Gasteiger partial charge in [0.2, 0.25) is 0 Å². The molecule has 36 heavy (non-hydrogen) atoms. The minimum atomic E-state index is -0.297. The van der Waals surface area contributed by atoms with Crippen LogP contribution in [0.4, 0.5) is 23.0 Å². The van der Waals surface area contributed by atoms with Crippen LogP contribution in [0.2, 0.25) is 0 Å². The van der Waals surface area contributed by atoms with Crippen LogP contribution in [-0.4, -0.2) is 58.4 Å². The van der Waals surface area contributed by atoms with Gasteiger partial charge in [0.15, 0.2) is 0 Å². The first-order valence-corrected chi connectivity index (χ1v) is 12.7. The molecule has 5 rings (SSSR count). The first-order chi connectivity index (χ1) is 17.4. The normalized spacial score (nSPS) is 18.8. The summed E-state index contributed by atoms with van der Waals surface area (Å²) < 4.78 is 0. The Morgan fingerprint density at radius 1 is 1.11 bits per heavy atom. The quantitative estimate of drug-likeness (QED) is 0.293. The molecule has 6 N–H and O–H groups in total. The zero-order valence-corrected chi connectivity index (χ0v) is 21.0. The summed E-state index contributed by atoms with van der Waals surface area (Å²) in [5.41, 5.74) is 8.88. The Labute approximate surface area is 212 Å². The number of pyridine rings is 2. The minimum Gasteiger partial charge on any atom is -0.403 e. The lowest BCUT2D eigenvalue weighted by atomic mass is 9.94. The molecule has 190 valence electrons. The Hall–Kier alpha value is -3.56.